The number of rotatable bonds is 0. The summed E-state index contributed by atoms with van der Waals surface area (Å²) in [4.78, 5) is 0. The Morgan fingerprint density at radius 3 is 0.750 bits per heavy atom. The van der Waals surface area contributed by atoms with Crippen molar-refractivity contribution in [1.82, 2.24) is 6.15 Å². The van der Waals surface area contributed by atoms with E-state index in [2.05, 4.69) is 0 Å². The van der Waals surface area contributed by atoms with Gasteiger partial charge in [0.1, 0.15) is 0 Å². The quantitative estimate of drug-likeness (QED) is 0.383. The molecule has 4 heteroatoms. The Hall–Kier alpha value is 0.399. The van der Waals surface area contributed by atoms with Crippen LogP contribution in [0.25, 0.3) is 0 Å². The van der Waals surface area contributed by atoms with Gasteiger partial charge >= 0.3 is 0 Å². The van der Waals surface area contributed by atoms with Crippen LogP contribution in [0, 0.1) is 0 Å². The summed E-state index contributed by atoms with van der Waals surface area (Å²) in [6.07, 6.45) is 0. The summed E-state index contributed by atoms with van der Waals surface area (Å²) in [5.74, 6) is 0. The molecule has 0 rings (SSSR count). The molecule has 0 saturated carbocycles. The third kappa shape index (κ3) is 29.4. The van der Waals surface area contributed by atoms with Gasteiger partial charge in [-0.3, -0.25) is 0 Å². The standard InChI is InChI=1S/Cu.H3N.2H2O/h;1H3;2*1H2. The molecule has 0 aliphatic heterocycles. The van der Waals surface area contributed by atoms with Crippen LogP contribution in [0.15, 0.2) is 0 Å². The van der Waals surface area contributed by atoms with E-state index in [-0.39, 0.29) is 34.2 Å². The van der Waals surface area contributed by atoms with Crippen molar-refractivity contribution >= 4 is 0 Å². The smallest absolute Gasteiger partial charge is 0 e. The molecule has 0 atom stereocenters. The van der Waals surface area contributed by atoms with E-state index in [4.69, 9.17) is 0 Å². The van der Waals surface area contributed by atoms with Crippen molar-refractivity contribution < 1.29 is 28.0 Å². The zero-order chi connectivity index (χ0) is 0. The van der Waals surface area contributed by atoms with Gasteiger partial charge in [0.2, 0.25) is 0 Å². The molecule has 0 saturated heterocycles. The topological polar surface area (TPSA) is 98.0 Å². The van der Waals surface area contributed by atoms with Gasteiger partial charge in [0.25, 0.3) is 0 Å². The Balaban J connectivity index is 0. The van der Waals surface area contributed by atoms with Crippen LogP contribution in [0.4, 0.5) is 0 Å². The van der Waals surface area contributed by atoms with Crippen LogP contribution >= 0.6 is 0 Å². The van der Waals surface area contributed by atoms with Crippen molar-refractivity contribution in [2.45, 2.75) is 0 Å². The Kier molecular flexibility index (Phi) is 9770. The summed E-state index contributed by atoms with van der Waals surface area (Å²) < 4.78 is 0. The Morgan fingerprint density at radius 1 is 0.750 bits per heavy atom. The average molecular weight is 117 g/mol. The van der Waals surface area contributed by atoms with E-state index in [1.54, 1.807) is 0 Å². The predicted molar refractivity (Wildman–Crippen MR) is 12.2 cm³/mol. The zero-order valence-corrected chi connectivity index (χ0v) is 2.95. The van der Waals surface area contributed by atoms with Gasteiger partial charge in [-0.2, -0.15) is 0 Å². The van der Waals surface area contributed by atoms with Crippen molar-refractivity contribution in [3.8, 4) is 0 Å². The maximum atomic E-state index is 0. The molecule has 0 heterocycles. The fraction of sp³-hybridized carbons (Fsp3) is 0. The van der Waals surface area contributed by atoms with Gasteiger partial charge in [-0.1, -0.05) is 0 Å². The molecule has 0 amide bonds. The minimum Gasteiger partial charge on any atom is -0.412 e. The van der Waals surface area contributed by atoms with Crippen LogP contribution in [0.3, 0.4) is 0 Å². The molecule has 0 spiro atoms. The largest absolute Gasteiger partial charge is 0.412 e. The van der Waals surface area contributed by atoms with Crippen molar-refractivity contribution in [3.05, 3.63) is 0 Å². The van der Waals surface area contributed by atoms with Gasteiger partial charge in [-0.05, 0) is 0 Å². The van der Waals surface area contributed by atoms with Crippen LogP contribution < -0.4 is 6.15 Å². The molecule has 0 aliphatic rings. The SMILES string of the molecule is N.O.O.[Cu]. The van der Waals surface area contributed by atoms with Gasteiger partial charge in [0.15, 0.2) is 0 Å². The first-order chi connectivity index (χ1) is 0. The summed E-state index contributed by atoms with van der Waals surface area (Å²) in [5.41, 5.74) is 0. The second kappa shape index (κ2) is 123. The van der Waals surface area contributed by atoms with Gasteiger partial charge in [-0.15, -0.1) is 0 Å². The summed E-state index contributed by atoms with van der Waals surface area (Å²) >= 11 is 0. The zero-order valence-electron chi connectivity index (χ0n) is 2.01. The normalized spacial score (nSPS) is 0. The Labute approximate surface area is 35.1 Å². The first kappa shape index (κ1) is 319. The maximum Gasteiger partial charge on any atom is 0 e. The summed E-state index contributed by atoms with van der Waals surface area (Å²) in [6, 6.07) is 0. The first-order valence-corrected chi connectivity index (χ1v) is 0. The van der Waals surface area contributed by atoms with Crippen molar-refractivity contribution in [3.63, 3.8) is 0 Å². The number of hydrogen-bond donors (Lipinski definition) is 1. The molecule has 1 radical (unpaired) electrons. The monoisotopic (exact) mass is 116 g/mol. The van der Waals surface area contributed by atoms with Crippen molar-refractivity contribution in [2.75, 3.05) is 0 Å². The molecule has 0 unspecified atom stereocenters. The molecule has 0 aromatic heterocycles. The molecule has 0 aliphatic carbocycles. The maximum absolute atomic E-state index is 0. The Bertz CT molecular complexity index is 6.00. The van der Waals surface area contributed by atoms with Gasteiger partial charge in [-0.25, -0.2) is 0 Å². The molecular formula is H7CuNO2. The summed E-state index contributed by atoms with van der Waals surface area (Å²) in [6.45, 7) is 0. The Morgan fingerprint density at radius 2 is 0.750 bits per heavy atom. The summed E-state index contributed by atoms with van der Waals surface area (Å²) in [5, 5.41) is 0. The fourth-order valence-corrected chi connectivity index (χ4v) is 0. The second-order valence-corrected chi connectivity index (χ2v) is 0. The van der Waals surface area contributed by atoms with Crippen molar-refractivity contribution in [2.24, 2.45) is 0 Å². The molecule has 0 fully saturated rings. The van der Waals surface area contributed by atoms with Gasteiger partial charge < -0.3 is 17.1 Å². The third-order valence-corrected chi connectivity index (χ3v) is 0. The van der Waals surface area contributed by atoms with Crippen LogP contribution in [-0.4, -0.2) is 11.0 Å². The van der Waals surface area contributed by atoms with Gasteiger partial charge in [0.05, 0.1) is 0 Å². The van der Waals surface area contributed by atoms with Crippen LogP contribution in [0.5, 0.6) is 0 Å². The molecule has 7 N–H and O–H groups in total. The van der Waals surface area contributed by atoms with E-state index in [9.17, 15) is 0 Å². The van der Waals surface area contributed by atoms with Gasteiger partial charge in [0, 0.05) is 17.1 Å². The first-order valence-electron chi connectivity index (χ1n) is 0. The molecule has 3 nitrogen and oxygen atoms in total. The molecule has 0 bridgehead atoms. The predicted octanol–water partition coefficient (Wildman–Crippen LogP) is -1.49. The van der Waals surface area contributed by atoms with E-state index < -0.39 is 0 Å². The van der Waals surface area contributed by atoms with E-state index in [0.717, 1.165) is 0 Å². The van der Waals surface area contributed by atoms with E-state index in [1.807, 2.05) is 0 Å². The molecule has 4 heavy (non-hydrogen) atoms. The minimum atomic E-state index is 0. The molecule has 0 aromatic carbocycles. The summed E-state index contributed by atoms with van der Waals surface area (Å²) in [7, 11) is 0. The fourth-order valence-electron chi connectivity index (χ4n) is 0. The molecule has 35 valence electrons. The van der Waals surface area contributed by atoms with Crippen molar-refractivity contribution in [1.29, 1.82) is 0 Å². The third-order valence-electron chi connectivity index (χ3n) is 0. The average Bonchev–Trinajstić information content (AvgIpc) is 0. The number of hydrogen-bond acceptors (Lipinski definition) is 1. The molecule has 0 aromatic rings. The van der Waals surface area contributed by atoms with E-state index in [1.165, 1.54) is 0 Å². The van der Waals surface area contributed by atoms with E-state index >= 15 is 0 Å². The van der Waals surface area contributed by atoms with Crippen LogP contribution in [0.2, 0.25) is 0 Å². The van der Waals surface area contributed by atoms with Crippen LogP contribution in [0.1, 0.15) is 0 Å². The van der Waals surface area contributed by atoms with E-state index in [0.29, 0.717) is 0 Å². The molecular weight excluding hydrogens is 110 g/mol. The van der Waals surface area contributed by atoms with Crippen LogP contribution in [-0.2, 0) is 17.1 Å². The minimum absolute atomic E-state index is 0. The second-order valence-electron chi connectivity index (χ2n) is 0.